The van der Waals surface area contributed by atoms with Crippen molar-refractivity contribution in [2.45, 2.75) is 40.2 Å². The second-order valence-corrected chi connectivity index (χ2v) is 5.58. The Morgan fingerprint density at radius 1 is 1.35 bits per heavy atom. The molecule has 0 aromatic carbocycles. The van der Waals surface area contributed by atoms with E-state index in [1.54, 1.807) is 0 Å². The van der Waals surface area contributed by atoms with Crippen LogP contribution >= 0.6 is 0 Å². The molecule has 17 heavy (non-hydrogen) atoms. The summed E-state index contributed by atoms with van der Waals surface area (Å²) in [7, 11) is 0. The van der Waals surface area contributed by atoms with Crippen molar-refractivity contribution in [3.8, 4) is 0 Å². The molecular weight excluding hydrogens is 216 g/mol. The molecule has 0 spiro atoms. The Bertz CT molecular complexity index is 257. The quantitative estimate of drug-likeness (QED) is 0.703. The molecule has 4 heteroatoms. The molecule has 0 aliphatic rings. The number of hydrogen-bond donors (Lipinski definition) is 2. The van der Waals surface area contributed by atoms with Gasteiger partial charge in [0.15, 0.2) is 0 Å². The zero-order chi connectivity index (χ0) is 13.5. The van der Waals surface area contributed by atoms with Gasteiger partial charge in [0.1, 0.15) is 5.60 Å². The summed E-state index contributed by atoms with van der Waals surface area (Å²) < 4.78 is 5.15. The van der Waals surface area contributed by atoms with Crippen LogP contribution in [0.4, 0.5) is 4.79 Å². The maximum Gasteiger partial charge on any atom is 0.407 e. The molecule has 0 fully saturated rings. The summed E-state index contributed by atoms with van der Waals surface area (Å²) in [6.45, 7) is 15.7. The van der Waals surface area contributed by atoms with Gasteiger partial charge < -0.3 is 15.4 Å². The third kappa shape index (κ3) is 11.2. The maximum absolute atomic E-state index is 11.4. The summed E-state index contributed by atoms with van der Waals surface area (Å²) in [6.07, 6.45) is -0.357. The van der Waals surface area contributed by atoms with E-state index in [4.69, 9.17) is 4.74 Å². The number of alkyl carbamates (subject to hydrolysis) is 1. The molecule has 0 aromatic rings. The largest absolute Gasteiger partial charge is 0.444 e. The van der Waals surface area contributed by atoms with Crippen LogP contribution in [-0.2, 0) is 4.74 Å². The highest BCUT2D eigenvalue weighted by Crippen LogP contribution is 2.06. The molecule has 0 saturated heterocycles. The van der Waals surface area contributed by atoms with Gasteiger partial charge in [-0.1, -0.05) is 19.1 Å². The van der Waals surface area contributed by atoms with E-state index in [1.165, 1.54) is 0 Å². The first-order chi connectivity index (χ1) is 7.70. The lowest BCUT2D eigenvalue weighted by Gasteiger charge is -2.21. The number of nitrogens with one attached hydrogen (secondary N) is 2. The van der Waals surface area contributed by atoms with E-state index in [2.05, 4.69) is 24.1 Å². The smallest absolute Gasteiger partial charge is 0.407 e. The fourth-order valence-corrected chi connectivity index (χ4v) is 1.18. The predicted molar refractivity (Wildman–Crippen MR) is 71.1 cm³/mol. The van der Waals surface area contributed by atoms with E-state index in [0.717, 1.165) is 18.7 Å². The molecule has 0 saturated carbocycles. The van der Waals surface area contributed by atoms with Gasteiger partial charge in [-0.25, -0.2) is 4.79 Å². The fraction of sp³-hybridized carbons (Fsp3) is 0.769. The van der Waals surface area contributed by atoms with Gasteiger partial charge in [0.2, 0.25) is 0 Å². The number of ether oxygens (including phenoxy) is 1. The van der Waals surface area contributed by atoms with Crippen molar-refractivity contribution in [3.05, 3.63) is 12.2 Å². The van der Waals surface area contributed by atoms with Gasteiger partial charge in [-0.3, -0.25) is 0 Å². The minimum atomic E-state index is -0.439. The highest BCUT2D eigenvalue weighted by molar-refractivity contribution is 5.67. The first kappa shape index (κ1) is 16.0. The Balaban J connectivity index is 3.66. The molecule has 1 amide bonds. The van der Waals surface area contributed by atoms with Gasteiger partial charge in [-0.05, 0) is 40.2 Å². The molecule has 2 N–H and O–H groups in total. The first-order valence-electron chi connectivity index (χ1n) is 6.02. The predicted octanol–water partition coefficient (Wildman–Crippen LogP) is 2.31. The summed E-state index contributed by atoms with van der Waals surface area (Å²) in [5, 5.41) is 6.02. The molecule has 4 nitrogen and oxygen atoms in total. The van der Waals surface area contributed by atoms with Gasteiger partial charge in [-0.2, -0.15) is 0 Å². The number of hydrogen-bond acceptors (Lipinski definition) is 3. The van der Waals surface area contributed by atoms with Crippen molar-refractivity contribution in [1.29, 1.82) is 0 Å². The molecule has 0 heterocycles. The molecule has 1 atom stereocenters. The molecule has 1 unspecified atom stereocenters. The van der Waals surface area contributed by atoms with E-state index in [-0.39, 0.29) is 6.09 Å². The van der Waals surface area contributed by atoms with Crippen LogP contribution in [0.2, 0.25) is 0 Å². The normalized spacial score (nSPS) is 13.0. The van der Waals surface area contributed by atoms with E-state index in [1.807, 2.05) is 27.7 Å². The average molecular weight is 242 g/mol. The van der Waals surface area contributed by atoms with Crippen LogP contribution in [0.25, 0.3) is 0 Å². The van der Waals surface area contributed by atoms with E-state index in [9.17, 15) is 4.79 Å². The summed E-state index contributed by atoms with van der Waals surface area (Å²) in [6, 6.07) is 0. The van der Waals surface area contributed by atoms with Crippen molar-refractivity contribution in [3.63, 3.8) is 0 Å². The van der Waals surface area contributed by atoms with E-state index >= 15 is 0 Å². The topological polar surface area (TPSA) is 50.4 Å². The Kier molecular flexibility index (Phi) is 6.88. The second-order valence-electron chi connectivity index (χ2n) is 5.58. The molecule has 100 valence electrons. The summed E-state index contributed by atoms with van der Waals surface area (Å²) >= 11 is 0. The first-order valence-corrected chi connectivity index (χ1v) is 6.02. The van der Waals surface area contributed by atoms with E-state index in [0.29, 0.717) is 12.5 Å². The Morgan fingerprint density at radius 3 is 2.41 bits per heavy atom. The van der Waals surface area contributed by atoms with Crippen LogP contribution in [-0.4, -0.2) is 31.3 Å². The minimum absolute atomic E-state index is 0.357. The summed E-state index contributed by atoms with van der Waals surface area (Å²) in [5.41, 5.74) is 0.670. The van der Waals surface area contributed by atoms with Crippen LogP contribution in [0.5, 0.6) is 0 Å². The van der Waals surface area contributed by atoms with Crippen LogP contribution < -0.4 is 10.6 Å². The molecule has 0 bridgehead atoms. The zero-order valence-corrected chi connectivity index (χ0v) is 11.7. The second kappa shape index (κ2) is 7.33. The standard InChI is InChI=1S/C13H26N2O2/c1-10(2)7-14-8-11(3)9-15-12(16)17-13(4,5)6/h11,14H,1,7-9H2,2-6H3,(H,15,16). The third-order valence-electron chi connectivity index (χ3n) is 1.91. The van der Waals surface area contributed by atoms with Gasteiger partial charge in [0, 0.05) is 13.1 Å². The molecular formula is C13H26N2O2. The monoisotopic (exact) mass is 242 g/mol. The number of amides is 1. The van der Waals surface area contributed by atoms with Crippen LogP contribution in [0.1, 0.15) is 34.6 Å². The van der Waals surface area contributed by atoms with Crippen molar-refractivity contribution in [2.24, 2.45) is 5.92 Å². The lowest BCUT2D eigenvalue weighted by Crippen LogP contribution is -2.37. The maximum atomic E-state index is 11.4. The molecule has 0 radical (unpaired) electrons. The lowest BCUT2D eigenvalue weighted by molar-refractivity contribution is 0.0520. The highest BCUT2D eigenvalue weighted by Gasteiger charge is 2.16. The molecule has 0 aliphatic carbocycles. The van der Waals surface area contributed by atoms with Crippen molar-refractivity contribution >= 4 is 6.09 Å². The SMILES string of the molecule is C=C(C)CNCC(C)CNC(=O)OC(C)(C)C. The Hall–Kier alpha value is -1.03. The van der Waals surface area contributed by atoms with Crippen LogP contribution in [0.15, 0.2) is 12.2 Å². The van der Waals surface area contributed by atoms with Crippen molar-refractivity contribution in [2.75, 3.05) is 19.6 Å². The number of carbonyl (C=O) groups excluding carboxylic acids is 1. The average Bonchev–Trinajstić information content (AvgIpc) is 2.11. The molecule has 0 rings (SSSR count). The summed E-state index contributed by atoms with van der Waals surface area (Å²) in [4.78, 5) is 11.4. The van der Waals surface area contributed by atoms with Crippen molar-refractivity contribution < 1.29 is 9.53 Å². The van der Waals surface area contributed by atoms with Gasteiger partial charge in [0.25, 0.3) is 0 Å². The van der Waals surface area contributed by atoms with Gasteiger partial charge >= 0.3 is 6.09 Å². The van der Waals surface area contributed by atoms with Crippen molar-refractivity contribution in [1.82, 2.24) is 10.6 Å². The Morgan fingerprint density at radius 2 is 1.94 bits per heavy atom. The van der Waals surface area contributed by atoms with Gasteiger partial charge in [-0.15, -0.1) is 0 Å². The van der Waals surface area contributed by atoms with Gasteiger partial charge in [0.05, 0.1) is 0 Å². The lowest BCUT2D eigenvalue weighted by atomic mass is 10.2. The number of rotatable bonds is 6. The van der Waals surface area contributed by atoms with E-state index < -0.39 is 5.60 Å². The molecule has 0 aromatic heterocycles. The number of carbonyl (C=O) groups is 1. The molecule has 0 aliphatic heterocycles. The summed E-state index contributed by atoms with van der Waals surface area (Å²) in [5.74, 6) is 0.363. The Labute approximate surface area is 105 Å². The highest BCUT2D eigenvalue weighted by atomic mass is 16.6. The fourth-order valence-electron chi connectivity index (χ4n) is 1.18. The third-order valence-corrected chi connectivity index (χ3v) is 1.91. The zero-order valence-electron chi connectivity index (χ0n) is 11.7. The minimum Gasteiger partial charge on any atom is -0.444 e. The van der Waals surface area contributed by atoms with Crippen LogP contribution in [0.3, 0.4) is 0 Å². The van der Waals surface area contributed by atoms with Crippen LogP contribution in [0, 0.1) is 5.92 Å².